The molecule has 1 aromatic rings. The highest BCUT2D eigenvalue weighted by Gasteiger charge is 2.36. The van der Waals surface area contributed by atoms with Crippen LogP contribution in [0.3, 0.4) is 0 Å². The number of carbonyl (C=O) groups is 3. The Kier molecular flexibility index (Phi) is 5.77. The van der Waals surface area contributed by atoms with Gasteiger partial charge in [0.15, 0.2) is 5.92 Å². The summed E-state index contributed by atoms with van der Waals surface area (Å²) in [7, 11) is 2.04. The smallest absolute Gasteiger partial charge is 0.324 e. The van der Waals surface area contributed by atoms with E-state index in [1.807, 2.05) is 0 Å². The SMILES string of the molecule is COC(=O)C(C(=O)OC)c1cc(C(C)C(=O)O)ccc1[N+](=O)[O-]. The summed E-state index contributed by atoms with van der Waals surface area (Å²) in [6.07, 6.45) is 0. The number of carboxylic acid groups (broad SMARTS) is 1. The number of carbonyl (C=O) groups excluding carboxylic acids is 2. The van der Waals surface area contributed by atoms with Crippen molar-refractivity contribution in [2.75, 3.05) is 14.2 Å². The maximum atomic E-state index is 11.8. The summed E-state index contributed by atoms with van der Waals surface area (Å²) in [5.74, 6) is -5.89. The molecular weight excluding hydrogens is 310 g/mol. The molecule has 0 fully saturated rings. The summed E-state index contributed by atoms with van der Waals surface area (Å²) in [6.45, 7) is 1.37. The third-order valence-corrected chi connectivity index (χ3v) is 3.30. The van der Waals surface area contributed by atoms with Crippen LogP contribution < -0.4 is 0 Å². The second kappa shape index (κ2) is 7.34. The van der Waals surface area contributed by atoms with Gasteiger partial charge in [0.25, 0.3) is 5.69 Å². The van der Waals surface area contributed by atoms with Crippen LogP contribution in [0.5, 0.6) is 0 Å². The predicted molar refractivity (Wildman–Crippen MR) is 75.9 cm³/mol. The van der Waals surface area contributed by atoms with Gasteiger partial charge in [0.1, 0.15) is 0 Å². The van der Waals surface area contributed by atoms with Crippen molar-refractivity contribution in [1.29, 1.82) is 0 Å². The van der Waals surface area contributed by atoms with Gasteiger partial charge in [-0.15, -0.1) is 0 Å². The molecule has 0 aromatic heterocycles. The third-order valence-electron chi connectivity index (χ3n) is 3.30. The highest BCUT2D eigenvalue weighted by molar-refractivity contribution is 6.01. The molecule has 1 rings (SSSR count). The van der Waals surface area contributed by atoms with Gasteiger partial charge in [-0.1, -0.05) is 6.07 Å². The Morgan fingerprint density at radius 2 is 1.70 bits per heavy atom. The number of methoxy groups -OCH3 is 2. The van der Waals surface area contributed by atoms with Crippen LogP contribution in [0.2, 0.25) is 0 Å². The number of carboxylic acids is 1. The molecule has 0 aliphatic carbocycles. The number of nitro benzene ring substituents is 1. The number of rotatable bonds is 6. The molecule has 0 heterocycles. The van der Waals surface area contributed by atoms with E-state index in [9.17, 15) is 24.5 Å². The first-order valence-electron chi connectivity index (χ1n) is 6.41. The first-order chi connectivity index (χ1) is 10.7. The number of aliphatic carboxylic acids is 1. The van der Waals surface area contributed by atoms with Crippen molar-refractivity contribution < 1.29 is 33.9 Å². The molecule has 1 aromatic carbocycles. The average molecular weight is 325 g/mol. The summed E-state index contributed by atoms with van der Waals surface area (Å²) in [5.41, 5.74) is -0.581. The summed E-state index contributed by atoms with van der Waals surface area (Å²) < 4.78 is 8.99. The maximum Gasteiger partial charge on any atom is 0.324 e. The minimum atomic E-state index is -1.67. The van der Waals surface area contributed by atoms with Crippen molar-refractivity contribution >= 4 is 23.6 Å². The van der Waals surface area contributed by atoms with Crippen molar-refractivity contribution in [3.8, 4) is 0 Å². The Balaban J connectivity index is 3.57. The normalized spacial score (nSPS) is 11.7. The van der Waals surface area contributed by atoms with Crippen LogP contribution in [-0.4, -0.2) is 42.2 Å². The van der Waals surface area contributed by atoms with Gasteiger partial charge >= 0.3 is 17.9 Å². The molecular formula is C14H15NO8. The van der Waals surface area contributed by atoms with Gasteiger partial charge in [-0.05, 0) is 18.6 Å². The Morgan fingerprint density at radius 3 is 2.09 bits per heavy atom. The molecule has 0 amide bonds. The Labute approximate surface area is 131 Å². The van der Waals surface area contributed by atoms with Gasteiger partial charge in [0, 0.05) is 6.07 Å². The molecule has 0 spiro atoms. The first-order valence-corrected chi connectivity index (χ1v) is 6.41. The molecule has 0 aliphatic heterocycles. The highest BCUT2D eigenvalue weighted by atomic mass is 16.6. The Hall–Kier alpha value is -2.97. The molecule has 23 heavy (non-hydrogen) atoms. The lowest BCUT2D eigenvalue weighted by atomic mass is 9.91. The third kappa shape index (κ3) is 3.82. The fourth-order valence-corrected chi connectivity index (χ4v) is 1.97. The topological polar surface area (TPSA) is 133 Å². The van der Waals surface area contributed by atoms with Gasteiger partial charge in [0.2, 0.25) is 0 Å². The van der Waals surface area contributed by atoms with Gasteiger partial charge in [-0.25, -0.2) is 0 Å². The van der Waals surface area contributed by atoms with Crippen molar-refractivity contribution in [2.45, 2.75) is 18.8 Å². The molecule has 0 saturated heterocycles. The zero-order chi connectivity index (χ0) is 17.7. The monoisotopic (exact) mass is 325 g/mol. The molecule has 9 nitrogen and oxygen atoms in total. The van der Waals surface area contributed by atoms with Crippen LogP contribution in [0.4, 0.5) is 5.69 Å². The minimum absolute atomic E-state index is 0.205. The van der Waals surface area contributed by atoms with Gasteiger partial charge in [0.05, 0.1) is 30.6 Å². The average Bonchev–Trinajstić information content (AvgIpc) is 2.53. The molecule has 124 valence electrons. The molecule has 1 atom stereocenters. The molecule has 0 aliphatic rings. The second-order valence-electron chi connectivity index (χ2n) is 4.61. The van der Waals surface area contributed by atoms with Crippen molar-refractivity contribution in [3.63, 3.8) is 0 Å². The first kappa shape index (κ1) is 18.1. The number of hydrogen-bond donors (Lipinski definition) is 1. The number of esters is 2. The van der Waals surface area contributed by atoms with E-state index < -0.39 is 40.4 Å². The van der Waals surface area contributed by atoms with E-state index in [-0.39, 0.29) is 11.1 Å². The van der Waals surface area contributed by atoms with Crippen LogP contribution in [0.15, 0.2) is 18.2 Å². The van der Waals surface area contributed by atoms with Crippen molar-refractivity contribution in [2.24, 2.45) is 0 Å². The summed E-state index contributed by atoms with van der Waals surface area (Å²) in [4.78, 5) is 45.1. The molecule has 9 heteroatoms. The lowest BCUT2D eigenvalue weighted by Crippen LogP contribution is -2.25. The van der Waals surface area contributed by atoms with E-state index in [1.165, 1.54) is 13.0 Å². The van der Waals surface area contributed by atoms with E-state index >= 15 is 0 Å². The maximum absolute atomic E-state index is 11.8. The number of nitro groups is 1. The van der Waals surface area contributed by atoms with Crippen LogP contribution in [0, 0.1) is 10.1 Å². The van der Waals surface area contributed by atoms with Crippen molar-refractivity contribution in [1.82, 2.24) is 0 Å². The van der Waals surface area contributed by atoms with Gasteiger partial charge < -0.3 is 14.6 Å². The molecule has 0 bridgehead atoms. The highest BCUT2D eigenvalue weighted by Crippen LogP contribution is 2.32. The zero-order valence-electron chi connectivity index (χ0n) is 12.6. The molecule has 0 saturated carbocycles. The predicted octanol–water partition coefficient (Wildman–Crippen LogP) is 1.21. The Morgan fingerprint density at radius 1 is 1.17 bits per heavy atom. The van der Waals surface area contributed by atoms with Crippen LogP contribution in [-0.2, 0) is 23.9 Å². The lowest BCUT2D eigenvalue weighted by molar-refractivity contribution is -0.385. The summed E-state index contributed by atoms with van der Waals surface area (Å²) in [5, 5.41) is 20.2. The van der Waals surface area contributed by atoms with E-state index in [1.54, 1.807) is 0 Å². The van der Waals surface area contributed by atoms with Crippen LogP contribution in [0.1, 0.15) is 29.9 Å². The van der Waals surface area contributed by atoms with E-state index in [0.29, 0.717) is 0 Å². The minimum Gasteiger partial charge on any atom is -0.481 e. The van der Waals surface area contributed by atoms with E-state index in [4.69, 9.17) is 5.11 Å². The van der Waals surface area contributed by atoms with Crippen molar-refractivity contribution in [3.05, 3.63) is 39.4 Å². The number of hydrogen-bond acceptors (Lipinski definition) is 7. The molecule has 0 radical (unpaired) electrons. The zero-order valence-corrected chi connectivity index (χ0v) is 12.6. The largest absolute Gasteiger partial charge is 0.481 e. The summed E-state index contributed by atoms with van der Waals surface area (Å²) >= 11 is 0. The van der Waals surface area contributed by atoms with Crippen LogP contribution in [0.25, 0.3) is 0 Å². The second-order valence-corrected chi connectivity index (χ2v) is 4.61. The van der Waals surface area contributed by atoms with Gasteiger partial charge in [-0.3, -0.25) is 24.5 Å². The fourth-order valence-electron chi connectivity index (χ4n) is 1.97. The molecule has 1 unspecified atom stereocenters. The van der Waals surface area contributed by atoms with E-state index in [2.05, 4.69) is 9.47 Å². The molecule has 1 N–H and O–H groups in total. The number of benzene rings is 1. The number of ether oxygens (including phenoxy) is 2. The Bertz CT molecular complexity index is 638. The number of nitrogens with zero attached hydrogens (tertiary/aromatic N) is 1. The quantitative estimate of drug-likeness (QED) is 0.357. The van der Waals surface area contributed by atoms with E-state index in [0.717, 1.165) is 26.4 Å². The fraction of sp³-hybridized carbons (Fsp3) is 0.357. The summed E-state index contributed by atoms with van der Waals surface area (Å²) in [6, 6.07) is 3.43. The standard InChI is InChI=1S/C14H15NO8/c1-7(12(16)17)8-4-5-10(15(20)21)9(6-8)11(13(18)22-2)14(19)23-3/h4-7,11H,1-3H3,(H,16,17). The lowest BCUT2D eigenvalue weighted by Gasteiger charge is -2.15. The van der Waals surface area contributed by atoms with Crippen LogP contribution >= 0.6 is 0 Å². The van der Waals surface area contributed by atoms with Gasteiger partial charge in [-0.2, -0.15) is 0 Å².